The second-order valence-electron chi connectivity index (χ2n) is 4.14. The maximum atomic E-state index is 13.7. The Balaban J connectivity index is 2.31. The van der Waals surface area contributed by atoms with Crippen molar-refractivity contribution in [2.45, 2.75) is 13.8 Å². The Morgan fingerprint density at radius 3 is 2.56 bits per heavy atom. The van der Waals surface area contributed by atoms with Crippen LogP contribution in [0.5, 0.6) is 0 Å². The number of aromatic nitrogens is 2. The quantitative estimate of drug-likeness (QED) is 0.886. The molecule has 1 heterocycles. The average Bonchev–Trinajstić information content (AvgIpc) is 2.56. The van der Waals surface area contributed by atoms with Crippen LogP contribution in [0.25, 0.3) is 0 Å². The fourth-order valence-electron chi connectivity index (χ4n) is 1.79. The molecule has 4 nitrogen and oxygen atoms in total. The number of benzene rings is 1. The van der Waals surface area contributed by atoms with Crippen LogP contribution in [0.15, 0.2) is 24.3 Å². The molecule has 0 aliphatic heterocycles. The number of hydrogen-bond donors (Lipinski definition) is 1. The average molecular weight is 247 g/mol. The van der Waals surface area contributed by atoms with Crippen molar-refractivity contribution >= 4 is 11.6 Å². The smallest absolute Gasteiger partial charge is 0.262 e. The molecule has 2 aromatic rings. The van der Waals surface area contributed by atoms with Gasteiger partial charge in [0, 0.05) is 12.7 Å². The van der Waals surface area contributed by atoms with E-state index in [2.05, 4.69) is 10.4 Å². The summed E-state index contributed by atoms with van der Waals surface area (Å²) < 4.78 is 14.8. The fraction of sp³-hybridized carbons (Fsp3) is 0.231. The number of halogens is 1. The van der Waals surface area contributed by atoms with Gasteiger partial charge in [0.1, 0.15) is 5.56 Å². The summed E-state index contributed by atoms with van der Waals surface area (Å²) in [4.78, 5) is 12.0. The van der Waals surface area contributed by atoms with E-state index >= 15 is 0 Å². The van der Waals surface area contributed by atoms with Crippen LogP contribution in [0.2, 0.25) is 0 Å². The summed E-state index contributed by atoms with van der Waals surface area (Å²) in [6, 6.07) is 7.34. The maximum Gasteiger partial charge on any atom is 0.262 e. The van der Waals surface area contributed by atoms with Gasteiger partial charge in [0.2, 0.25) is 5.95 Å². The number of amides is 1. The maximum absolute atomic E-state index is 13.7. The van der Waals surface area contributed by atoms with Gasteiger partial charge < -0.3 is 5.32 Å². The van der Waals surface area contributed by atoms with Crippen molar-refractivity contribution in [1.29, 1.82) is 0 Å². The standard InChI is InChI=1S/C13H14FN3O/c1-8-6-4-5-7-10(8)15-13(18)11-9(2)16-17(3)12(11)14/h4-7H,1-3H3,(H,15,18). The van der Waals surface area contributed by atoms with Crippen LogP contribution in [0.1, 0.15) is 21.6 Å². The number of carbonyl (C=O) groups excluding carboxylic acids is 1. The molecule has 2 rings (SSSR count). The summed E-state index contributed by atoms with van der Waals surface area (Å²) in [5, 5.41) is 6.57. The van der Waals surface area contributed by atoms with E-state index in [0.717, 1.165) is 10.2 Å². The second kappa shape index (κ2) is 4.60. The normalized spacial score (nSPS) is 10.4. The van der Waals surface area contributed by atoms with Crippen LogP contribution in [0.3, 0.4) is 0 Å². The van der Waals surface area contributed by atoms with Gasteiger partial charge in [0.25, 0.3) is 5.91 Å². The molecule has 0 bridgehead atoms. The zero-order valence-electron chi connectivity index (χ0n) is 10.5. The summed E-state index contributed by atoms with van der Waals surface area (Å²) in [5.41, 5.74) is 1.96. The van der Waals surface area contributed by atoms with E-state index in [1.165, 1.54) is 7.05 Å². The lowest BCUT2D eigenvalue weighted by atomic mass is 10.2. The summed E-state index contributed by atoms with van der Waals surface area (Å²) >= 11 is 0. The van der Waals surface area contributed by atoms with Gasteiger partial charge in [-0.25, -0.2) is 4.68 Å². The number of carbonyl (C=O) groups is 1. The first kappa shape index (κ1) is 12.3. The number of nitrogens with zero attached hydrogens (tertiary/aromatic N) is 2. The molecule has 0 aliphatic carbocycles. The lowest BCUT2D eigenvalue weighted by molar-refractivity contribution is 0.102. The highest BCUT2D eigenvalue weighted by Crippen LogP contribution is 2.17. The lowest BCUT2D eigenvalue weighted by Crippen LogP contribution is -2.15. The molecule has 0 radical (unpaired) electrons. The van der Waals surface area contributed by atoms with Gasteiger partial charge >= 0.3 is 0 Å². The summed E-state index contributed by atoms with van der Waals surface area (Å²) in [7, 11) is 1.47. The third kappa shape index (κ3) is 2.11. The Morgan fingerprint density at radius 2 is 2.00 bits per heavy atom. The van der Waals surface area contributed by atoms with Gasteiger partial charge in [-0.3, -0.25) is 4.79 Å². The molecule has 1 aromatic heterocycles. The van der Waals surface area contributed by atoms with Crippen molar-refractivity contribution in [2.24, 2.45) is 7.05 Å². The first-order valence-corrected chi connectivity index (χ1v) is 5.56. The zero-order chi connectivity index (χ0) is 13.3. The molecule has 0 unspecified atom stereocenters. The van der Waals surface area contributed by atoms with Crippen LogP contribution in [-0.4, -0.2) is 15.7 Å². The largest absolute Gasteiger partial charge is 0.322 e. The van der Waals surface area contributed by atoms with E-state index in [-0.39, 0.29) is 5.56 Å². The van der Waals surface area contributed by atoms with Crippen molar-refractivity contribution in [3.8, 4) is 0 Å². The fourth-order valence-corrected chi connectivity index (χ4v) is 1.79. The monoisotopic (exact) mass is 247 g/mol. The van der Waals surface area contributed by atoms with E-state index < -0.39 is 11.9 Å². The number of anilines is 1. The van der Waals surface area contributed by atoms with Crippen LogP contribution in [0.4, 0.5) is 10.1 Å². The molecule has 0 saturated heterocycles. The minimum atomic E-state index is -0.626. The van der Waals surface area contributed by atoms with E-state index in [1.807, 2.05) is 25.1 Å². The Labute approximate surface area is 104 Å². The Morgan fingerprint density at radius 1 is 1.33 bits per heavy atom. The highest BCUT2D eigenvalue weighted by Gasteiger charge is 2.20. The second-order valence-corrected chi connectivity index (χ2v) is 4.14. The molecule has 5 heteroatoms. The minimum absolute atomic E-state index is 0.0132. The number of nitrogens with one attached hydrogen (secondary N) is 1. The molecular formula is C13H14FN3O. The number of hydrogen-bond acceptors (Lipinski definition) is 2. The van der Waals surface area contributed by atoms with Gasteiger partial charge in [0.05, 0.1) is 5.69 Å². The molecule has 0 fully saturated rings. The predicted molar refractivity (Wildman–Crippen MR) is 67.0 cm³/mol. The van der Waals surface area contributed by atoms with Crippen LogP contribution < -0.4 is 5.32 Å². The van der Waals surface area contributed by atoms with Crippen LogP contribution in [0, 0.1) is 19.8 Å². The van der Waals surface area contributed by atoms with Crippen molar-refractivity contribution in [2.75, 3.05) is 5.32 Å². The summed E-state index contributed by atoms with van der Waals surface area (Å²) in [5.74, 6) is -1.11. The molecule has 1 amide bonds. The number of aryl methyl sites for hydroxylation is 3. The van der Waals surface area contributed by atoms with E-state index in [9.17, 15) is 9.18 Å². The Kier molecular flexibility index (Phi) is 3.14. The topological polar surface area (TPSA) is 46.9 Å². The van der Waals surface area contributed by atoms with Crippen LogP contribution in [-0.2, 0) is 7.05 Å². The van der Waals surface area contributed by atoms with E-state index in [1.54, 1.807) is 13.0 Å². The highest BCUT2D eigenvalue weighted by atomic mass is 19.1. The lowest BCUT2D eigenvalue weighted by Gasteiger charge is -2.07. The van der Waals surface area contributed by atoms with Crippen molar-refractivity contribution in [1.82, 2.24) is 9.78 Å². The van der Waals surface area contributed by atoms with Gasteiger partial charge in [-0.05, 0) is 25.5 Å². The van der Waals surface area contributed by atoms with Gasteiger partial charge in [-0.1, -0.05) is 18.2 Å². The van der Waals surface area contributed by atoms with E-state index in [0.29, 0.717) is 11.4 Å². The Hall–Kier alpha value is -2.17. The molecule has 1 N–H and O–H groups in total. The third-order valence-electron chi connectivity index (χ3n) is 2.77. The Bertz CT molecular complexity index is 604. The molecule has 94 valence electrons. The molecule has 0 atom stereocenters. The van der Waals surface area contributed by atoms with Crippen molar-refractivity contribution < 1.29 is 9.18 Å². The molecular weight excluding hydrogens is 233 g/mol. The number of rotatable bonds is 2. The van der Waals surface area contributed by atoms with Crippen LogP contribution >= 0.6 is 0 Å². The molecule has 0 aliphatic rings. The van der Waals surface area contributed by atoms with Gasteiger partial charge in [0.15, 0.2) is 0 Å². The molecule has 0 spiro atoms. The van der Waals surface area contributed by atoms with E-state index in [4.69, 9.17) is 0 Å². The third-order valence-corrected chi connectivity index (χ3v) is 2.77. The van der Waals surface area contributed by atoms with Gasteiger partial charge in [-0.2, -0.15) is 9.49 Å². The molecule has 1 aromatic carbocycles. The SMILES string of the molecule is Cc1ccccc1NC(=O)c1c(C)nn(C)c1F. The predicted octanol–water partition coefficient (Wildman–Crippen LogP) is 2.43. The first-order valence-electron chi connectivity index (χ1n) is 5.56. The first-order chi connectivity index (χ1) is 8.50. The number of para-hydroxylation sites is 1. The van der Waals surface area contributed by atoms with Crippen molar-refractivity contribution in [3.05, 3.63) is 47.0 Å². The van der Waals surface area contributed by atoms with Crippen molar-refractivity contribution in [3.63, 3.8) is 0 Å². The summed E-state index contributed by atoms with van der Waals surface area (Å²) in [6.07, 6.45) is 0. The van der Waals surface area contributed by atoms with Gasteiger partial charge in [-0.15, -0.1) is 0 Å². The summed E-state index contributed by atoms with van der Waals surface area (Å²) in [6.45, 7) is 3.48. The zero-order valence-corrected chi connectivity index (χ0v) is 10.5. The minimum Gasteiger partial charge on any atom is -0.322 e. The molecule has 0 saturated carbocycles. The highest BCUT2D eigenvalue weighted by molar-refractivity contribution is 6.05. The molecule has 18 heavy (non-hydrogen) atoms.